The van der Waals surface area contributed by atoms with Gasteiger partial charge in [0.25, 0.3) is 0 Å². The Bertz CT molecular complexity index is 1100. The molecule has 0 aliphatic rings. The van der Waals surface area contributed by atoms with E-state index in [0.717, 1.165) is 38.5 Å². The number of ether oxygens (including phenoxy) is 1. The number of hydrogen-bond acceptors (Lipinski definition) is 5. The lowest BCUT2D eigenvalue weighted by Crippen LogP contribution is -2.45. The van der Waals surface area contributed by atoms with Crippen LogP contribution in [-0.2, 0) is 14.3 Å². The van der Waals surface area contributed by atoms with Crippen molar-refractivity contribution in [3.8, 4) is 0 Å². The van der Waals surface area contributed by atoms with E-state index in [1.165, 1.54) is 308 Å². The highest BCUT2D eigenvalue weighted by Crippen LogP contribution is 2.19. The molecule has 0 fully saturated rings. The number of esters is 1. The molecule has 0 aromatic carbocycles. The minimum absolute atomic E-state index is 0.0174. The molecule has 73 heavy (non-hydrogen) atoms. The van der Waals surface area contributed by atoms with Crippen LogP contribution in [0.4, 0.5) is 0 Å². The number of amides is 1. The predicted molar refractivity (Wildman–Crippen MR) is 320 cm³/mol. The second kappa shape index (κ2) is 63.1. The summed E-state index contributed by atoms with van der Waals surface area (Å²) >= 11 is 0. The molecule has 0 spiro atoms. The Kier molecular flexibility index (Phi) is 61.9. The minimum atomic E-state index is -0.666. The normalized spacial score (nSPS) is 12.5. The molecule has 0 rings (SSSR count). The van der Waals surface area contributed by atoms with Crippen molar-refractivity contribution in [1.29, 1.82) is 0 Å². The van der Waals surface area contributed by atoms with E-state index in [1.807, 2.05) is 0 Å². The first-order valence-electron chi connectivity index (χ1n) is 33.4. The summed E-state index contributed by atoms with van der Waals surface area (Å²) in [6, 6.07) is -0.544. The Balaban J connectivity index is 3.37. The van der Waals surface area contributed by atoms with Crippen molar-refractivity contribution in [3.63, 3.8) is 0 Å². The van der Waals surface area contributed by atoms with Crippen LogP contribution in [-0.4, -0.2) is 47.4 Å². The van der Waals surface area contributed by atoms with Gasteiger partial charge in [0, 0.05) is 12.8 Å². The molecule has 0 aromatic heterocycles. The van der Waals surface area contributed by atoms with Crippen LogP contribution in [0.5, 0.6) is 0 Å². The Labute approximate surface area is 457 Å². The van der Waals surface area contributed by atoms with Crippen LogP contribution >= 0.6 is 0 Å². The van der Waals surface area contributed by atoms with E-state index in [2.05, 4.69) is 31.3 Å². The Morgan fingerprint density at radius 1 is 0.370 bits per heavy atom. The molecule has 0 bridgehead atoms. The maximum atomic E-state index is 12.5. The van der Waals surface area contributed by atoms with Gasteiger partial charge in [-0.15, -0.1) is 0 Å². The van der Waals surface area contributed by atoms with Gasteiger partial charge in [0.05, 0.1) is 25.4 Å². The first-order chi connectivity index (χ1) is 36.0. The number of carbonyl (C=O) groups excluding carboxylic acids is 2. The van der Waals surface area contributed by atoms with Gasteiger partial charge in [0.1, 0.15) is 0 Å². The molecule has 2 unspecified atom stereocenters. The van der Waals surface area contributed by atoms with Crippen LogP contribution in [0.2, 0.25) is 0 Å². The molecule has 0 aromatic rings. The van der Waals surface area contributed by atoms with Crippen LogP contribution < -0.4 is 5.32 Å². The average Bonchev–Trinajstić information content (AvgIpc) is 3.39. The fraction of sp³-hybridized carbons (Fsp3) is 0.940. The number of allylic oxidation sites excluding steroid dienone is 2. The molecule has 2 atom stereocenters. The Morgan fingerprint density at radius 3 is 0.973 bits per heavy atom. The number of unbranched alkanes of at least 4 members (excludes halogenated alkanes) is 50. The van der Waals surface area contributed by atoms with Crippen LogP contribution in [0.3, 0.4) is 0 Å². The van der Waals surface area contributed by atoms with Crippen LogP contribution in [0, 0.1) is 0 Å². The molecule has 434 valence electrons. The molecule has 1 amide bonds. The van der Waals surface area contributed by atoms with Crippen LogP contribution in [0.25, 0.3) is 0 Å². The molecule has 0 saturated carbocycles. The lowest BCUT2D eigenvalue weighted by molar-refractivity contribution is -0.143. The second-order valence-corrected chi connectivity index (χ2v) is 23.2. The van der Waals surface area contributed by atoms with Crippen LogP contribution in [0.1, 0.15) is 380 Å². The van der Waals surface area contributed by atoms with E-state index in [9.17, 15) is 19.8 Å². The van der Waals surface area contributed by atoms with Gasteiger partial charge >= 0.3 is 5.97 Å². The highest BCUT2D eigenvalue weighted by atomic mass is 16.5. The molecule has 0 saturated heterocycles. The number of carbonyl (C=O) groups is 2. The summed E-state index contributed by atoms with van der Waals surface area (Å²) in [5, 5.41) is 23.3. The summed E-state index contributed by atoms with van der Waals surface area (Å²) < 4.78 is 5.50. The van der Waals surface area contributed by atoms with Crippen molar-refractivity contribution in [2.75, 3.05) is 13.2 Å². The van der Waals surface area contributed by atoms with Gasteiger partial charge in [0.15, 0.2) is 0 Å². The monoisotopic (exact) mass is 1030 g/mol. The summed E-state index contributed by atoms with van der Waals surface area (Å²) in [5.41, 5.74) is 0. The molecule has 6 nitrogen and oxygen atoms in total. The number of aliphatic hydroxyl groups excluding tert-OH is 2. The van der Waals surface area contributed by atoms with E-state index >= 15 is 0 Å². The fourth-order valence-electron chi connectivity index (χ4n) is 10.7. The topological polar surface area (TPSA) is 95.9 Å². The highest BCUT2D eigenvalue weighted by molar-refractivity contribution is 5.76. The zero-order chi connectivity index (χ0) is 52.9. The zero-order valence-corrected chi connectivity index (χ0v) is 49.6. The van der Waals surface area contributed by atoms with E-state index in [1.54, 1.807) is 0 Å². The van der Waals surface area contributed by atoms with Gasteiger partial charge in [0.2, 0.25) is 5.91 Å². The Morgan fingerprint density at radius 2 is 0.644 bits per heavy atom. The molecule has 3 N–H and O–H groups in total. The molecule has 0 aliphatic carbocycles. The van der Waals surface area contributed by atoms with Crippen molar-refractivity contribution in [2.24, 2.45) is 0 Å². The SMILES string of the molecule is CCCCCCCCCCCCCCCCCCCC(=O)OCCCCCCCCCCCCCC/C=C\CCCCCCCCCCC(=O)NC(CO)C(O)CCCCCCCCCCCCCCCCC. The van der Waals surface area contributed by atoms with Gasteiger partial charge in [-0.3, -0.25) is 9.59 Å². The first-order valence-corrected chi connectivity index (χ1v) is 33.4. The lowest BCUT2D eigenvalue weighted by atomic mass is 10.0. The van der Waals surface area contributed by atoms with Crippen LogP contribution in [0.15, 0.2) is 12.2 Å². The minimum Gasteiger partial charge on any atom is -0.466 e. The van der Waals surface area contributed by atoms with Crippen molar-refractivity contribution in [3.05, 3.63) is 12.2 Å². The van der Waals surface area contributed by atoms with E-state index in [0.29, 0.717) is 25.9 Å². The number of rotatable bonds is 63. The summed E-state index contributed by atoms with van der Waals surface area (Å²) in [6.45, 7) is 4.99. The van der Waals surface area contributed by atoms with Gasteiger partial charge in [-0.25, -0.2) is 0 Å². The van der Waals surface area contributed by atoms with E-state index in [4.69, 9.17) is 4.74 Å². The second-order valence-electron chi connectivity index (χ2n) is 23.2. The molecule has 0 radical (unpaired) electrons. The maximum absolute atomic E-state index is 12.5. The lowest BCUT2D eigenvalue weighted by Gasteiger charge is -2.22. The molecular formula is C67H131NO5. The zero-order valence-electron chi connectivity index (χ0n) is 49.6. The standard InChI is InChI=1S/C67H131NO5/c1-3-5-7-9-11-13-15-17-19-28-33-37-41-45-49-53-57-61-67(72)73-62-58-54-50-46-42-38-34-30-27-25-23-21-20-22-24-26-29-32-36-40-44-48-52-56-60-66(71)68-64(63-69)65(70)59-55-51-47-43-39-35-31-18-16-14-12-10-8-6-4-2/h22,24,64-65,69-70H,3-21,23,25-63H2,1-2H3,(H,68,71)/b24-22-. The Hall–Kier alpha value is -1.40. The summed E-state index contributed by atoms with van der Waals surface area (Å²) in [5.74, 6) is -0.0193. The number of nitrogens with one attached hydrogen (secondary N) is 1. The highest BCUT2D eigenvalue weighted by Gasteiger charge is 2.20. The summed E-state index contributed by atoms with van der Waals surface area (Å²) in [6.07, 6.45) is 76.7. The predicted octanol–water partition coefficient (Wildman–Crippen LogP) is 21.2. The molecular weight excluding hydrogens is 899 g/mol. The molecule has 0 aliphatic heterocycles. The number of hydrogen-bond donors (Lipinski definition) is 3. The van der Waals surface area contributed by atoms with Crippen molar-refractivity contribution in [2.45, 2.75) is 392 Å². The number of aliphatic hydroxyl groups is 2. The molecule has 6 heteroatoms. The third-order valence-corrected chi connectivity index (χ3v) is 15.8. The van der Waals surface area contributed by atoms with Gasteiger partial charge in [-0.05, 0) is 51.4 Å². The fourth-order valence-corrected chi connectivity index (χ4v) is 10.7. The first kappa shape index (κ1) is 71.6. The third kappa shape index (κ3) is 59.7. The average molecular weight is 1030 g/mol. The largest absolute Gasteiger partial charge is 0.466 e. The summed E-state index contributed by atoms with van der Waals surface area (Å²) in [4.78, 5) is 24.6. The van der Waals surface area contributed by atoms with E-state index < -0.39 is 12.1 Å². The van der Waals surface area contributed by atoms with Crippen molar-refractivity contribution < 1.29 is 24.5 Å². The van der Waals surface area contributed by atoms with Crippen molar-refractivity contribution in [1.82, 2.24) is 5.32 Å². The smallest absolute Gasteiger partial charge is 0.305 e. The quantitative estimate of drug-likeness (QED) is 0.0320. The van der Waals surface area contributed by atoms with Gasteiger partial charge < -0.3 is 20.3 Å². The van der Waals surface area contributed by atoms with Gasteiger partial charge in [-0.1, -0.05) is 328 Å². The molecule has 0 heterocycles. The van der Waals surface area contributed by atoms with E-state index in [-0.39, 0.29) is 18.5 Å². The van der Waals surface area contributed by atoms with Gasteiger partial charge in [-0.2, -0.15) is 0 Å². The maximum Gasteiger partial charge on any atom is 0.305 e. The summed E-state index contributed by atoms with van der Waals surface area (Å²) in [7, 11) is 0. The van der Waals surface area contributed by atoms with Crippen molar-refractivity contribution >= 4 is 11.9 Å². The third-order valence-electron chi connectivity index (χ3n) is 15.8.